The molecule has 16 heavy (non-hydrogen) atoms. The normalized spacial score (nSPS) is 10.9. The molecule has 0 heterocycles. The molecule has 0 saturated carbocycles. The minimum Gasteiger partial charge on any atom is -0.395 e. The second-order valence-electron chi connectivity index (χ2n) is 3.95. The second kappa shape index (κ2) is 12.2. The summed E-state index contributed by atoms with van der Waals surface area (Å²) in [5.41, 5.74) is 0. The number of amides is 1. The van der Waals surface area contributed by atoms with Gasteiger partial charge in [0.05, 0.1) is 6.61 Å². The van der Waals surface area contributed by atoms with Gasteiger partial charge in [-0.25, -0.2) is 0 Å². The smallest absolute Gasteiger partial charge is 0.220 e. The largest absolute Gasteiger partial charge is 0.395 e. The molecule has 0 aromatic heterocycles. The molecule has 0 saturated heterocycles. The molecule has 0 aliphatic heterocycles. The Kier molecular flexibility index (Phi) is 11.6. The molecule has 0 rings (SSSR count). The molecule has 0 spiro atoms. The first kappa shape index (κ1) is 15.2. The van der Waals surface area contributed by atoms with Gasteiger partial charge in [0.15, 0.2) is 0 Å². The second-order valence-corrected chi connectivity index (χ2v) is 3.95. The lowest BCUT2D eigenvalue weighted by atomic mass is 10.1. The van der Waals surface area contributed by atoms with Crippen LogP contribution in [0.2, 0.25) is 0 Å². The Balaban J connectivity index is 3.11. The Labute approximate surface area is 98.9 Å². The average molecular weight is 227 g/mol. The van der Waals surface area contributed by atoms with Crippen molar-refractivity contribution >= 4 is 5.91 Å². The molecule has 1 amide bonds. The maximum absolute atomic E-state index is 11.1. The fraction of sp³-hybridized carbons (Fsp3) is 0.769. The summed E-state index contributed by atoms with van der Waals surface area (Å²) in [4.78, 5) is 11.1. The number of aliphatic hydroxyl groups excluding tert-OH is 1. The van der Waals surface area contributed by atoms with Crippen LogP contribution in [0.25, 0.3) is 0 Å². The van der Waals surface area contributed by atoms with Gasteiger partial charge >= 0.3 is 0 Å². The first-order valence-electron chi connectivity index (χ1n) is 6.30. The van der Waals surface area contributed by atoms with E-state index in [4.69, 9.17) is 5.11 Å². The standard InChI is InChI=1S/C13H25NO2/c1-2-3-4-5-6-7-8-9-10-13(16)14-11-12-15/h2-3,15H,4-12H2,1H3,(H,14,16)/b3-2+. The van der Waals surface area contributed by atoms with Crippen LogP contribution < -0.4 is 5.32 Å². The minimum absolute atomic E-state index is 0.0245. The van der Waals surface area contributed by atoms with Gasteiger partial charge in [-0.1, -0.05) is 31.4 Å². The zero-order chi connectivity index (χ0) is 12.1. The first-order chi connectivity index (χ1) is 7.81. The monoisotopic (exact) mass is 227 g/mol. The van der Waals surface area contributed by atoms with Gasteiger partial charge in [-0.15, -0.1) is 0 Å². The van der Waals surface area contributed by atoms with Gasteiger partial charge in [0, 0.05) is 13.0 Å². The van der Waals surface area contributed by atoms with Crippen LogP contribution in [0.1, 0.15) is 51.9 Å². The summed E-state index contributed by atoms with van der Waals surface area (Å²) in [6.07, 6.45) is 11.9. The molecule has 0 aliphatic carbocycles. The van der Waals surface area contributed by atoms with Gasteiger partial charge in [-0.05, 0) is 26.2 Å². The van der Waals surface area contributed by atoms with E-state index in [1.165, 1.54) is 25.7 Å². The van der Waals surface area contributed by atoms with Crippen molar-refractivity contribution in [1.82, 2.24) is 5.32 Å². The van der Waals surface area contributed by atoms with E-state index < -0.39 is 0 Å². The van der Waals surface area contributed by atoms with Gasteiger partial charge in [0.1, 0.15) is 0 Å². The van der Waals surface area contributed by atoms with Crippen LogP contribution in [0, 0.1) is 0 Å². The van der Waals surface area contributed by atoms with E-state index in [2.05, 4.69) is 17.5 Å². The molecule has 0 atom stereocenters. The summed E-state index contributed by atoms with van der Waals surface area (Å²) < 4.78 is 0. The third-order valence-corrected chi connectivity index (χ3v) is 2.44. The van der Waals surface area contributed by atoms with Crippen LogP contribution in [0.15, 0.2) is 12.2 Å². The Morgan fingerprint density at radius 2 is 1.88 bits per heavy atom. The van der Waals surface area contributed by atoms with Gasteiger partial charge in [0.2, 0.25) is 5.91 Å². The Bertz CT molecular complexity index is 190. The minimum atomic E-state index is 0.0245. The molecule has 0 aromatic rings. The summed E-state index contributed by atoms with van der Waals surface area (Å²) >= 11 is 0. The Hall–Kier alpha value is -0.830. The van der Waals surface area contributed by atoms with Gasteiger partial charge in [-0.2, -0.15) is 0 Å². The molecular formula is C13H25NO2. The quantitative estimate of drug-likeness (QED) is 0.445. The average Bonchev–Trinajstić information content (AvgIpc) is 2.30. The molecule has 0 fully saturated rings. The van der Waals surface area contributed by atoms with E-state index in [0.29, 0.717) is 13.0 Å². The van der Waals surface area contributed by atoms with Gasteiger partial charge in [0.25, 0.3) is 0 Å². The number of hydrogen-bond donors (Lipinski definition) is 2. The van der Waals surface area contributed by atoms with Gasteiger partial charge < -0.3 is 10.4 Å². The van der Waals surface area contributed by atoms with Crippen LogP contribution in [0.4, 0.5) is 0 Å². The summed E-state index contributed by atoms with van der Waals surface area (Å²) in [7, 11) is 0. The third kappa shape index (κ3) is 11.2. The SMILES string of the molecule is C/C=C/CCCCCCCC(=O)NCCO. The fourth-order valence-electron chi connectivity index (χ4n) is 1.53. The molecule has 3 nitrogen and oxygen atoms in total. The first-order valence-corrected chi connectivity index (χ1v) is 6.30. The maximum Gasteiger partial charge on any atom is 0.220 e. The summed E-state index contributed by atoms with van der Waals surface area (Å²) in [6, 6.07) is 0. The lowest BCUT2D eigenvalue weighted by Gasteiger charge is -2.02. The number of carbonyl (C=O) groups excluding carboxylic acids is 1. The highest BCUT2D eigenvalue weighted by Crippen LogP contribution is 2.07. The molecule has 0 radical (unpaired) electrons. The summed E-state index contributed by atoms with van der Waals surface area (Å²) in [5.74, 6) is 0.0583. The van der Waals surface area contributed by atoms with E-state index in [0.717, 1.165) is 12.8 Å². The predicted octanol–water partition coefficient (Wildman–Crippen LogP) is 2.40. The summed E-state index contributed by atoms with van der Waals surface area (Å²) in [5, 5.41) is 11.2. The van der Waals surface area contributed by atoms with Crippen molar-refractivity contribution in [2.24, 2.45) is 0 Å². The topological polar surface area (TPSA) is 49.3 Å². The van der Waals surface area contributed by atoms with E-state index in [9.17, 15) is 4.79 Å². The van der Waals surface area contributed by atoms with Crippen LogP contribution in [-0.2, 0) is 4.79 Å². The van der Waals surface area contributed by atoms with E-state index in [1.807, 2.05) is 6.92 Å². The number of rotatable bonds is 10. The Morgan fingerprint density at radius 3 is 2.56 bits per heavy atom. The van der Waals surface area contributed by atoms with Crippen LogP contribution in [0.3, 0.4) is 0 Å². The number of hydrogen-bond acceptors (Lipinski definition) is 2. The molecule has 0 aliphatic rings. The van der Waals surface area contributed by atoms with Crippen molar-refractivity contribution in [3.05, 3.63) is 12.2 Å². The number of allylic oxidation sites excluding steroid dienone is 2. The number of unbranched alkanes of at least 4 members (excludes halogenated alkanes) is 5. The fourth-order valence-corrected chi connectivity index (χ4v) is 1.53. The van der Waals surface area contributed by atoms with E-state index >= 15 is 0 Å². The molecule has 94 valence electrons. The summed E-state index contributed by atoms with van der Waals surface area (Å²) in [6.45, 7) is 2.45. The van der Waals surface area contributed by atoms with Crippen molar-refractivity contribution in [1.29, 1.82) is 0 Å². The van der Waals surface area contributed by atoms with E-state index in [1.54, 1.807) is 0 Å². The molecule has 0 aromatic carbocycles. The van der Waals surface area contributed by atoms with Crippen LogP contribution in [-0.4, -0.2) is 24.2 Å². The van der Waals surface area contributed by atoms with Crippen molar-refractivity contribution < 1.29 is 9.90 Å². The van der Waals surface area contributed by atoms with E-state index in [-0.39, 0.29) is 12.5 Å². The Morgan fingerprint density at radius 1 is 1.19 bits per heavy atom. The molecule has 0 bridgehead atoms. The van der Waals surface area contributed by atoms with Crippen LogP contribution in [0.5, 0.6) is 0 Å². The lowest BCUT2D eigenvalue weighted by molar-refractivity contribution is -0.121. The van der Waals surface area contributed by atoms with Crippen molar-refractivity contribution in [2.45, 2.75) is 51.9 Å². The zero-order valence-electron chi connectivity index (χ0n) is 10.4. The van der Waals surface area contributed by atoms with Crippen LogP contribution >= 0.6 is 0 Å². The highest BCUT2D eigenvalue weighted by molar-refractivity contribution is 5.75. The third-order valence-electron chi connectivity index (χ3n) is 2.44. The number of nitrogens with one attached hydrogen (secondary N) is 1. The highest BCUT2D eigenvalue weighted by Gasteiger charge is 1.99. The lowest BCUT2D eigenvalue weighted by Crippen LogP contribution is -2.25. The molecular weight excluding hydrogens is 202 g/mol. The molecule has 0 unspecified atom stereocenters. The van der Waals surface area contributed by atoms with Crippen molar-refractivity contribution in [3.8, 4) is 0 Å². The predicted molar refractivity (Wildman–Crippen MR) is 67.2 cm³/mol. The van der Waals surface area contributed by atoms with Gasteiger partial charge in [-0.3, -0.25) is 4.79 Å². The van der Waals surface area contributed by atoms with Crippen molar-refractivity contribution in [3.63, 3.8) is 0 Å². The highest BCUT2D eigenvalue weighted by atomic mass is 16.3. The zero-order valence-corrected chi connectivity index (χ0v) is 10.4. The number of aliphatic hydroxyl groups is 1. The molecule has 3 heteroatoms. The molecule has 2 N–H and O–H groups in total. The maximum atomic E-state index is 11.1. The van der Waals surface area contributed by atoms with Crippen molar-refractivity contribution in [2.75, 3.05) is 13.2 Å². The number of carbonyl (C=O) groups is 1.